The van der Waals surface area contributed by atoms with Crippen molar-refractivity contribution >= 4 is 5.78 Å². The lowest BCUT2D eigenvalue weighted by atomic mass is 9.75. The average Bonchev–Trinajstić information content (AvgIpc) is 2.93. The Labute approximate surface area is 147 Å². The second-order valence-electron chi connectivity index (χ2n) is 7.53. The molecule has 4 rings (SSSR count). The van der Waals surface area contributed by atoms with Crippen molar-refractivity contribution in [1.82, 2.24) is 15.0 Å². The van der Waals surface area contributed by atoms with Crippen molar-refractivity contribution in [2.24, 2.45) is 5.41 Å². The van der Waals surface area contributed by atoms with Gasteiger partial charge in [0.1, 0.15) is 6.33 Å². The third-order valence-electron chi connectivity index (χ3n) is 4.82. The third-order valence-corrected chi connectivity index (χ3v) is 4.82. The van der Waals surface area contributed by atoms with E-state index in [4.69, 9.17) is 0 Å². The van der Waals surface area contributed by atoms with Crippen LogP contribution in [0.5, 0.6) is 0 Å². The molecule has 2 heterocycles. The number of hydrogen-bond donors (Lipinski definition) is 1. The van der Waals surface area contributed by atoms with Crippen LogP contribution in [0.2, 0.25) is 0 Å². The molecule has 4 nitrogen and oxygen atoms in total. The summed E-state index contributed by atoms with van der Waals surface area (Å²) in [5, 5.41) is 0. The van der Waals surface area contributed by atoms with Gasteiger partial charge in [-0.2, -0.15) is 0 Å². The molecule has 1 N–H and O–H groups in total. The number of carbonyl (C=O) groups is 1. The quantitative estimate of drug-likeness (QED) is 0.782. The zero-order valence-corrected chi connectivity index (χ0v) is 14.5. The van der Waals surface area contributed by atoms with Crippen molar-refractivity contribution in [3.63, 3.8) is 0 Å². The molecule has 0 radical (unpaired) electrons. The largest absolute Gasteiger partial charge is 0.356 e. The van der Waals surface area contributed by atoms with Gasteiger partial charge in [0.25, 0.3) is 0 Å². The smallest absolute Gasteiger partial charge is 0.165 e. The highest BCUT2D eigenvalue weighted by Gasteiger charge is 2.35. The Balaban J connectivity index is 1.88. The maximum absolute atomic E-state index is 12.9. The Morgan fingerprint density at radius 3 is 2.64 bits per heavy atom. The summed E-state index contributed by atoms with van der Waals surface area (Å²) >= 11 is 0. The van der Waals surface area contributed by atoms with Crippen molar-refractivity contribution in [3.8, 4) is 11.4 Å². The normalized spacial score (nSPS) is 15.8. The summed E-state index contributed by atoms with van der Waals surface area (Å²) in [4.78, 5) is 24.8. The van der Waals surface area contributed by atoms with Gasteiger partial charge in [-0.25, -0.2) is 9.97 Å². The Morgan fingerprint density at radius 1 is 1.12 bits per heavy atom. The van der Waals surface area contributed by atoms with Gasteiger partial charge in [0.15, 0.2) is 5.78 Å². The summed E-state index contributed by atoms with van der Waals surface area (Å²) in [7, 11) is 0. The monoisotopic (exact) mass is 331 g/mol. The van der Waals surface area contributed by atoms with Gasteiger partial charge in [-0.15, -0.1) is 0 Å². The van der Waals surface area contributed by atoms with E-state index in [1.165, 1.54) is 5.56 Å². The van der Waals surface area contributed by atoms with Gasteiger partial charge in [-0.3, -0.25) is 4.79 Å². The van der Waals surface area contributed by atoms with Gasteiger partial charge in [-0.05, 0) is 29.0 Å². The van der Waals surface area contributed by atoms with Crippen molar-refractivity contribution in [2.45, 2.75) is 33.1 Å². The van der Waals surface area contributed by atoms with Crippen molar-refractivity contribution in [3.05, 3.63) is 71.3 Å². The standard InChI is InChI=1S/C21H21N3O/c1-21(2)11-17-19(18(25)12-21)15(10-14-6-4-3-5-7-14)20(24-17)16-8-9-22-13-23-16/h3-9,13,24H,10-12H2,1-2H3. The number of aromatic amines is 1. The molecule has 25 heavy (non-hydrogen) atoms. The molecule has 3 aromatic rings. The summed E-state index contributed by atoms with van der Waals surface area (Å²) in [6.45, 7) is 4.30. The van der Waals surface area contributed by atoms with Crippen LogP contribution < -0.4 is 0 Å². The first kappa shape index (κ1) is 15.8. The SMILES string of the molecule is CC1(C)CC(=O)c2c([nH]c(-c3ccncn3)c2Cc2ccccc2)C1. The lowest BCUT2D eigenvalue weighted by Crippen LogP contribution is -2.27. The van der Waals surface area contributed by atoms with E-state index in [1.54, 1.807) is 12.5 Å². The fraction of sp³-hybridized carbons (Fsp3) is 0.286. The minimum absolute atomic E-state index is 0.0120. The molecule has 2 aromatic heterocycles. The molecule has 0 atom stereocenters. The molecule has 0 saturated carbocycles. The molecule has 1 aliphatic rings. The van der Waals surface area contributed by atoms with Crippen molar-refractivity contribution in [2.75, 3.05) is 0 Å². The zero-order valence-electron chi connectivity index (χ0n) is 14.5. The van der Waals surface area contributed by atoms with Crippen LogP contribution in [0.4, 0.5) is 0 Å². The number of fused-ring (bicyclic) bond motifs is 1. The number of nitrogens with zero attached hydrogens (tertiary/aromatic N) is 2. The first-order valence-corrected chi connectivity index (χ1v) is 8.61. The van der Waals surface area contributed by atoms with Gasteiger partial charge >= 0.3 is 0 Å². The van der Waals surface area contributed by atoms with Crippen LogP contribution in [-0.2, 0) is 12.8 Å². The van der Waals surface area contributed by atoms with Gasteiger partial charge < -0.3 is 4.98 Å². The number of Topliss-reactive ketones (excluding diaryl/α,β-unsaturated/α-hetero) is 1. The molecule has 0 amide bonds. The fourth-order valence-electron chi connectivity index (χ4n) is 3.76. The Morgan fingerprint density at radius 2 is 1.92 bits per heavy atom. The van der Waals surface area contributed by atoms with Gasteiger partial charge in [0.2, 0.25) is 0 Å². The first-order valence-electron chi connectivity index (χ1n) is 8.61. The molecular formula is C21H21N3O. The van der Waals surface area contributed by atoms with Crippen LogP contribution in [-0.4, -0.2) is 20.7 Å². The van der Waals surface area contributed by atoms with E-state index < -0.39 is 0 Å². The number of aromatic nitrogens is 3. The van der Waals surface area contributed by atoms with Crippen LogP contribution in [0.1, 0.15) is 47.4 Å². The van der Waals surface area contributed by atoms with Gasteiger partial charge in [-0.1, -0.05) is 44.2 Å². The first-order chi connectivity index (χ1) is 12.0. The van der Waals surface area contributed by atoms with Crippen LogP contribution >= 0.6 is 0 Å². The highest BCUT2D eigenvalue weighted by atomic mass is 16.1. The lowest BCUT2D eigenvalue weighted by molar-refractivity contribution is 0.0911. The van der Waals surface area contributed by atoms with E-state index in [0.717, 1.165) is 41.1 Å². The van der Waals surface area contributed by atoms with E-state index >= 15 is 0 Å². The Hall–Kier alpha value is -2.75. The third kappa shape index (κ3) is 3.00. The number of nitrogens with one attached hydrogen (secondary N) is 1. The van der Waals surface area contributed by atoms with E-state index in [0.29, 0.717) is 6.42 Å². The van der Waals surface area contributed by atoms with E-state index in [-0.39, 0.29) is 11.2 Å². The van der Waals surface area contributed by atoms with Crippen LogP contribution in [0.25, 0.3) is 11.4 Å². The molecule has 0 unspecified atom stereocenters. The fourth-order valence-corrected chi connectivity index (χ4v) is 3.76. The molecule has 0 saturated heterocycles. The topological polar surface area (TPSA) is 58.6 Å². The summed E-state index contributed by atoms with van der Waals surface area (Å²) in [6.07, 6.45) is 5.47. The molecule has 0 aliphatic heterocycles. The predicted octanol–water partition coefficient (Wildman–Crippen LogP) is 4.22. The van der Waals surface area contributed by atoms with E-state index in [2.05, 4.69) is 40.9 Å². The van der Waals surface area contributed by atoms with Gasteiger partial charge in [0.05, 0.1) is 11.4 Å². The second kappa shape index (κ2) is 5.96. The Bertz CT molecular complexity index is 911. The molecule has 126 valence electrons. The zero-order chi connectivity index (χ0) is 17.4. The maximum Gasteiger partial charge on any atom is 0.165 e. The maximum atomic E-state index is 12.9. The highest BCUT2D eigenvalue weighted by molar-refractivity contribution is 6.02. The minimum atomic E-state index is -0.0120. The molecule has 0 bridgehead atoms. The minimum Gasteiger partial charge on any atom is -0.356 e. The second-order valence-corrected chi connectivity index (χ2v) is 7.53. The summed E-state index contributed by atoms with van der Waals surface area (Å²) in [6, 6.07) is 12.2. The lowest BCUT2D eigenvalue weighted by Gasteiger charge is -2.28. The van der Waals surface area contributed by atoms with E-state index in [1.807, 2.05) is 24.3 Å². The molecule has 0 fully saturated rings. The number of benzene rings is 1. The molecular weight excluding hydrogens is 310 g/mol. The molecule has 1 aliphatic carbocycles. The Kier molecular flexibility index (Phi) is 3.75. The average molecular weight is 331 g/mol. The number of carbonyl (C=O) groups excluding carboxylic acids is 1. The highest BCUT2D eigenvalue weighted by Crippen LogP contribution is 2.39. The number of H-pyrrole nitrogens is 1. The summed E-state index contributed by atoms with van der Waals surface area (Å²) in [5.74, 6) is 0.230. The van der Waals surface area contributed by atoms with Crippen LogP contribution in [0, 0.1) is 5.41 Å². The van der Waals surface area contributed by atoms with E-state index in [9.17, 15) is 4.79 Å². The number of rotatable bonds is 3. The van der Waals surface area contributed by atoms with Crippen LogP contribution in [0.15, 0.2) is 48.9 Å². The number of ketones is 1. The van der Waals surface area contributed by atoms with Crippen molar-refractivity contribution in [1.29, 1.82) is 0 Å². The molecule has 1 aromatic carbocycles. The van der Waals surface area contributed by atoms with Gasteiger partial charge in [0, 0.05) is 30.3 Å². The summed E-state index contributed by atoms with van der Waals surface area (Å²) in [5.41, 5.74) is 5.93. The number of hydrogen-bond acceptors (Lipinski definition) is 3. The summed E-state index contributed by atoms with van der Waals surface area (Å²) < 4.78 is 0. The molecule has 0 spiro atoms. The van der Waals surface area contributed by atoms with Crippen LogP contribution in [0.3, 0.4) is 0 Å². The predicted molar refractivity (Wildman–Crippen MR) is 97.5 cm³/mol. The molecule has 4 heteroatoms. The van der Waals surface area contributed by atoms with Crippen molar-refractivity contribution < 1.29 is 4.79 Å².